The Morgan fingerprint density at radius 2 is 2.04 bits per heavy atom. The highest BCUT2D eigenvalue weighted by Gasteiger charge is 2.33. The highest BCUT2D eigenvalue weighted by molar-refractivity contribution is 5.88. The van der Waals surface area contributed by atoms with E-state index in [4.69, 9.17) is 13.9 Å². The summed E-state index contributed by atoms with van der Waals surface area (Å²) in [4.78, 5) is 14.4. The van der Waals surface area contributed by atoms with Gasteiger partial charge in [0.05, 0.1) is 26.6 Å². The zero-order valence-corrected chi connectivity index (χ0v) is 13.5. The summed E-state index contributed by atoms with van der Waals surface area (Å²) in [5.41, 5.74) is 0.998. The van der Waals surface area contributed by atoms with Crippen LogP contribution in [0.1, 0.15) is 17.9 Å². The van der Waals surface area contributed by atoms with E-state index in [2.05, 4.69) is 4.90 Å². The molecule has 6 nitrogen and oxygen atoms in total. The van der Waals surface area contributed by atoms with Gasteiger partial charge in [-0.25, -0.2) is 0 Å². The van der Waals surface area contributed by atoms with E-state index in [-0.39, 0.29) is 11.3 Å². The molecule has 1 fully saturated rings. The molecule has 0 saturated carbocycles. The first-order chi connectivity index (χ1) is 11.1. The van der Waals surface area contributed by atoms with Crippen LogP contribution < -0.4 is 14.9 Å². The monoisotopic (exact) mass is 319 g/mol. The van der Waals surface area contributed by atoms with E-state index in [1.807, 2.05) is 7.05 Å². The normalized spacial score (nSPS) is 22.3. The van der Waals surface area contributed by atoms with Crippen LogP contribution in [0.25, 0.3) is 11.0 Å². The Morgan fingerprint density at radius 1 is 1.30 bits per heavy atom. The van der Waals surface area contributed by atoms with Crippen LogP contribution in [0, 0.1) is 0 Å². The lowest BCUT2D eigenvalue weighted by molar-refractivity contribution is 0.0630. The number of β-amino-alcohol motifs (C(OH)–C–C–N with tert-alkyl or cyclic N) is 1. The molecule has 1 aromatic heterocycles. The molecule has 0 radical (unpaired) electrons. The summed E-state index contributed by atoms with van der Waals surface area (Å²) in [6, 6.07) is 3.06. The van der Waals surface area contributed by atoms with Gasteiger partial charge < -0.3 is 23.9 Å². The van der Waals surface area contributed by atoms with Gasteiger partial charge in [0.1, 0.15) is 22.5 Å². The molecule has 3 rings (SSSR count). The minimum atomic E-state index is -0.551. The smallest absolute Gasteiger partial charge is 0.196 e. The van der Waals surface area contributed by atoms with Crippen LogP contribution in [-0.4, -0.2) is 50.5 Å². The van der Waals surface area contributed by atoms with Crippen molar-refractivity contribution in [3.63, 3.8) is 0 Å². The number of methoxy groups -OCH3 is 2. The summed E-state index contributed by atoms with van der Waals surface area (Å²) in [6.45, 7) is 1.42. The molecule has 1 aliphatic rings. The zero-order chi connectivity index (χ0) is 16.6. The number of ether oxygens (including phenoxy) is 2. The SMILES string of the molecule is COc1cc(OC)c2c(=O)ccoc2c1[C@H]1CCN(C)C[C@H]1O. The van der Waals surface area contributed by atoms with Crippen molar-refractivity contribution in [3.8, 4) is 11.5 Å². The van der Waals surface area contributed by atoms with Gasteiger partial charge in [0.2, 0.25) is 0 Å². The van der Waals surface area contributed by atoms with E-state index in [9.17, 15) is 9.90 Å². The lowest BCUT2D eigenvalue weighted by Gasteiger charge is -2.34. The number of hydrogen-bond donors (Lipinski definition) is 1. The third-order valence-corrected chi connectivity index (χ3v) is 4.49. The Kier molecular flexibility index (Phi) is 4.28. The van der Waals surface area contributed by atoms with Crippen molar-refractivity contribution in [1.29, 1.82) is 0 Å². The van der Waals surface area contributed by atoms with Gasteiger partial charge in [0.25, 0.3) is 0 Å². The summed E-state index contributed by atoms with van der Waals surface area (Å²) >= 11 is 0. The van der Waals surface area contributed by atoms with Gasteiger partial charge in [-0.2, -0.15) is 0 Å². The van der Waals surface area contributed by atoms with Gasteiger partial charge in [-0.05, 0) is 20.0 Å². The number of likely N-dealkylation sites (N-methyl/N-ethyl adjacent to an activating group) is 1. The molecule has 1 N–H and O–H groups in total. The first-order valence-electron chi connectivity index (χ1n) is 7.59. The molecule has 1 aliphatic heterocycles. The van der Waals surface area contributed by atoms with Crippen molar-refractivity contribution >= 4 is 11.0 Å². The van der Waals surface area contributed by atoms with Crippen molar-refractivity contribution in [2.75, 3.05) is 34.4 Å². The molecular formula is C17H21NO5. The minimum absolute atomic E-state index is 0.153. The van der Waals surface area contributed by atoms with Gasteiger partial charge in [-0.1, -0.05) is 0 Å². The largest absolute Gasteiger partial charge is 0.496 e. The molecule has 0 aliphatic carbocycles. The first-order valence-corrected chi connectivity index (χ1v) is 7.59. The quantitative estimate of drug-likeness (QED) is 0.926. The van der Waals surface area contributed by atoms with Crippen LogP contribution in [0.15, 0.2) is 27.6 Å². The van der Waals surface area contributed by atoms with Crippen LogP contribution >= 0.6 is 0 Å². The second-order valence-corrected chi connectivity index (χ2v) is 5.91. The number of hydrogen-bond acceptors (Lipinski definition) is 6. The molecule has 1 aromatic carbocycles. The fourth-order valence-corrected chi connectivity index (χ4v) is 3.34. The van der Waals surface area contributed by atoms with Crippen LogP contribution in [0.5, 0.6) is 11.5 Å². The van der Waals surface area contributed by atoms with Crippen LogP contribution in [-0.2, 0) is 0 Å². The Bertz CT molecular complexity index is 769. The van der Waals surface area contributed by atoms with E-state index < -0.39 is 6.10 Å². The highest BCUT2D eigenvalue weighted by Crippen LogP contribution is 2.42. The Labute approximate surface area is 134 Å². The number of rotatable bonds is 3. The molecule has 0 spiro atoms. The number of aliphatic hydroxyl groups excluding tert-OH is 1. The Hall–Kier alpha value is -2.05. The molecular weight excluding hydrogens is 298 g/mol. The standard InChI is InChI=1S/C17H21NO5/c1-18-6-4-10(12(20)9-18)15-13(21-2)8-14(22-3)16-11(19)5-7-23-17(15)16/h5,7-8,10,12,20H,4,6,9H2,1-3H3/t10-,12+/m0/s1. The maximum absolute atomic E-state index is 12.3. The fraction of sp³-hybridized carbons (Fsp3) is 0.471. The average molecular weight is 319 g/mol. The predicted octanol–water partition coefficient (Wildman–Crippen LogP) is 1.59. The second-order valence-electron chi connectivity index (χ2n) is 5.91. The summed E-state index contributed by atoms with van der Waals surface area (Å²) in [6.07, 6.45) is 1.58. The summed E-state index contributed by atoms with van der Waals surface area (Å²) in [7, 11) is 5.04. The first kappa shape index (κ1) is 15.8. The van der Waals surface area contributed by atoms with Gasteiger partial charge in [0, 0.05) is 30.2 Å². The minimum Gasteiger partial charge on any atom is -0.496 e. The molecule has 0 bridgehead atoms. The third kappa shape index (κ3) is 2.68. The van der Waals surface area contributed by atoms with Crippen molar-refractivity contribution in [2.24, 2.45) is 0 Å². The lowest BCUT2D eigenvalue weighted by Crippen LogP contribution is -2.40. The highest BCUT2D eigenvalue weighted by atomic mass is 16.5. The van der Waals surface area contributed by atoms with E-state index in [0.29, 0.717) is 29.0 Å². The fourth-order valence-electron chi connectivity index (χ4n) is 3.34. The molecule has 2 aromatic rings. The number of fused-ring (bicyclic) bond motifs is 1. The van der Waals surface area contributed by atoms with Crippen LogP contribution in [0.4, 0.5) is 0 Å². The number of piperidine rings is 1. The van der Waals surface area contributed by atoms with Crippen molar-refractivity contribution in [3.05, 3.63) is 34.2 Å². The predicted molar refractivity (Wildman–Crippen MR) is 86.4 cm³/mol. The topological polar surface area (TPSA) is 72.1 Å². The lowest BCUT2D eigenvalue weighted by atomic mass is 9.85. The number of nitrogens with zero attached hydrogens (tertiary/aromatic N) is 1. The van der Waals surface area contributed by atoms with Gasteiger partial charge >= 0.3 is 0 Å². The van der Waals surface area contributed by atoms with E-state index in [1.165, 1.54) is 19.4 Å². The van der Waals surface area contributed by atoms with E-state index in [1.54, 1.807) is 13.2 Å². The Balaban J connectivity index is 2.27. The number of aliphatic hydroxyl groups is 1. The molecule has 2 heterocycles. The van der Waals surface area contributed by atoms with Crippen molar-refractivity contribution in [2.45, 2.75) is 18.4 Å². The number of benzene rings is 1. The van der Waals surface area contributed by atoms with Crippen molar-refractivity contribution in [1.82, 2.24) is 4.90 Å². The van der Waals surface area contributed by atoms with Crippen LogP contribution in [0.2, 0.25) is 0 Å². The summed E-state index contributed by atoms with van der Waals surface area (Å²) in [5, 5.41) is 10.9. The second kappa shape index (κ2) is 6.22. The van der Waals surface area contributed by atoms with Gasteiger partial charge in [0.15, 0.2) is 5.43 Å². The maximum Gasteiger partial charge on any atom is 0.196 e. The zero-order valence-electron chi connectivity index (χ0n) is 13.5. The van der Waals surface area contributed by atoms with E-state index in [0.717, 1.165) is 18.5 Å². The van der Waals surface area contributed by atoms with E-state index >= 15 is 0 Å². The summed E-state index contributed by atoms with van der Waals surface area (Å²) in [5.74, 6) is 0.828. The average Bonchev–Trinajstić information content (AvgIpc) is 2.54. The third-order valence-electron chi connectivity index (χ3n) is 4.49. The van der Waals surface area contributed by atoms with Crippen molar-refractivity contribution < 1.29 is 19.0 Å². The Morgan fingerprint density at radius 3 is 2.70 bits per heavy atom. The molecule has 2 atom stereocenters. The maximum atomic E-state index is 12.3. The summed E-state index contributed by atoms with van der Waals surface area (Å²) < 4.78 is 16.5. The molecule has 0 amide bonds. The molecule has 0 unspecified atom stereocenters. The van der Waals surface area contributed by atoms with Gasteiger partial charge in [-0.3, -0.25) is 4.79 Å². The molecule has 23 heavy (non-hydrogen) atoms. The molecule has 1 saturated heterocycles. The van der Waals surface area contributed by atoms with Gasteiger partial charge in [-0.15, -0.1) is 0 Å². The number of likely N-dealkylation sites (tertiary alicyclic amines) is 1. The molecule has 124 valence electrons. The molecule has 6 heteroatoms. The van der Waals surface area contributed by atoms with Crippen LogP contribution in [0.3, 0.4) is 0 Å².